The first kappa shape index (κ1) is 13.6. The Kier molecular flexibility index (Phi) is 4.59. The SMILES string of the molecule is O=C(N[C@H](CO)C(=O)O)c1ccc(Br)cc1F. The highest BCUT2D eigenvalue weighted by Crippen LogP contribution is 2.15. The number of aliphatic hydroxyl groups is 1. The summed E-state index contributed by atoms with van der Waals surface area (Å²) in [6.07, 6.45) is 0. The Morgan fingerprint density at radius 1 is 1.47 bits per heavy atom. The second kappa shape index (κ2) is 5.74. The van der Waals surface area contributed by atoms with Crippen molar-refractivity contribution in [2.45, 2.75) is 6.04 Å². The summed E-state index contributed by atoms with van der Waals surface area (Å²) in [4.78, 5) is 22.1. The maximum Gasteiger partial charge on any atom is 0.328 e. The Morgan fingerprint density at radius 3 is 2.59 bits per heavy atom. The van der Waals surface area contributed by atoms with Crippen LogP contribution < -0.4 is 5.32 Å². The van der Waals surface area contributed by atoms with E-state index < -0.39 is 30.3 Å². The Hall–Kier alpha value is -1.47. The van der Waals surface area contributed by atoms with Gasteiger partial charge in [-0.15, -0.1) is 0 Å². The molecular formula is C10H9BrFNO4. The molecule has 0 saturated heterocycles. The van der Waals surface area contributed by atoms with Gasteiger partial charge in [0, 0.05) is 4.47 Å². The van der Waals surface area contributed by atoms with Crippen LogP contribution in [0.3, 0.4) is 0 Å². The van der Waals surface area contributed by atoms with Crippen molar-refractivity contribution >= 4 is 27.8 Å². The van der Waals surface area contributed by atoms with Gasteiger partial charge in [0.2, 0.25) is 0 Å². The van der Waals surface area contributed by atoms with Gasteiger partial charge in [0.1, 0.15) is 5.82 Å². The molecule has 1 aromatic rings. The first-order valence-corrected chi connectivity index (χ1v) is 5.34. The van der Waals surface area contributed by atoms with Gasteiger partial charge >= 0.3 is 5.97 Å². The average molecular weight is 306 g/mol. The van der Waals surface area contributed by atoms with Crippen LogP contribution >= 0.6 is 15.9 Å². The molecule has 92 valence electrons. The number of hydrogen-bond acceptors (Lipinski definition) is 3. The smallest absolute Gasteiger partial charge is 0.328 e. The topological polar surface area (TPSA) is 86.6 Å². The molecular weight excluding hydrogens is 297 g/mol. The molecule has 0 fully saturated rings. The van der Waals surface area contributed by atoms with Crippen LogP contribution in [0.2, 0.25) is 0 Å². The number of aliphatic hydroxyl groups excluding tert-OH is 1. The number of halogens is 2. The summed E-state index contributed by atoms with van der Waals surface area (Å²) in [5.74, 6) is -3.06. The number of carboxylic acid groups (broad SMARTS) is 1. The van der Waals surface area contributed by atoms with Gasteiger partial charge in [-0.25, -0.2) is 9.18 Å². The van der Waals surface area contributed by atoms with E-state index in [1.807, 2.05) is 5.32 Å². The van der Waals surface area contributed by atoms with E-state index in [0.717, 1.165) is 6.07 Å². The lowest BCUT2D eigenvalue weighted by Gasteiger charge is -2.11. The lowest BCUT2D eigenvalue weighted by Crippen LogP contribution is -2.43. The standard InChI is InChI=1S/C10H9BrFNO4/c11-5-1-2-6(7(12)3-5)9(15)13-8(4-14)10(16)17/h1-3,8,14H,4H2,(H,13,15)(H,16,17)/t8-/m1/s1. The zero-order chi connectivity index (χ0) is 13.0. The van der Waals surface area contributed by atoms with Crippen LogP contribution in [0.1, 0.15) is 10.4 Å². The zero-order valence-electron chi connectivity index (χ0n) is 8.48. The summed E-state index contributed by atoms with van der Waals surface area (Å²) >= 11 is 3.03. The van der Waals surface area contributed by atoms with Crippen molar-refractivity contribution in [1.82, 2.24) is 5.32 Å². The molecule has 1 aromatic carbocycles. The number of rotatable bonds is 4. The van der Waals surface area contributed by atoms with E-state index >= 15 is 0 Å². The van der Waals surface area contributed by atoms with Crippen molar-refractivity contribution in [1.29, 1.82) is 0 Å². The van der Waals surface area contributed by atoms with Gasteiger partial charge in [-0.2, -0.15) is 0 Å². The normalized spacial score (nSPS) is 11.9. The maximum absolute atomic E-state index is 13.4. The molecule has 1 atom stereocenters. The number of benzene rings is 1. The lowest BCUT2D eigenvalue weighted by atomic mass is 10.2. The third kappa shape index (κ3) is 3.50. The molecule has 0 bridgehead atoms. The Morgan fingerprint density at radius 2 is 2.12 bits per heavy atom. The van der Waals surface area contributed by atoms with Crippen molar-refractivity contribution in [2.75, 3.05) is 6.61 Å². The van der Waals surface area contributed by atoms with Crippen LogP contribution in [-0.2, 0) is 4.79 Å². The molecule has 1 amide bonds. The first-order chi connectivity index (χ1) is 7.95. The van der Waals surface area contributed by atoms with Gasteiger partial charge in [0.15, 0.2) is 6.04 Å². The van der Waals surface area contributed by atoms with Crippen molar-refractivity contribution in [3.63, 3.8) is 0 Å². The highest BCUT2D eigenvalue weighted by Gasteiger charge is 2.21. The van der Waals surface area contributed by atoms with Crippen LogP contribution in [0.25, 0.3) is 0 Å². The Labute approximate surface area is 104 Å². The average Bonchev–Trinajstić information content (AvgIpc) is 2.24. The van der Waals surface area contributed by atoms with E-state index in [2.05, 4.69) is 15.9 Å². The second-order valence-electron chi connectivity index (χ2n) is 3.17. The molecule has 7 heteroatoms. The predicted octanol–water partition coefficient (Wildman–Crippen LogP) is 0.764. The fourth-order valence-corrected chi connectivity index (χ4v) is 1.43. The summed E-state index contributed by atoms with van der Waals surface area (Å²) in [7, 11) is 0. The van der Waals surface area contributed by atoms with Gasteiger partial charge in [-0.1, -0.05) is 15.9 Å². The van der Waals surface area contributed by atoms with Crippen molar-refractivity contribution in [3.8, 4) is 0 Å². The third-order valence-corrected chi connectivity index (χ3v) is 2.46. The highest BCUT2D eigenvalue weighted by molar-refractivity contribution is 9.10. The van der Waals surface area contributed by atoms with Crippen LogP contribution in [-0.4, -0.2) is 34.7 Å². The van der Waals surface area contributed by atoms with Gasteiger partial charge in [-0.3, -0.25) is 4.79 Å². The molecule has 0 aliphatic heterocycles. The van der Waals surface area contributed by atoms with Gasteiger partial charge in [-0.05, 0) is 18.2 Å². The largest absolute Gasteiger partial charge is 0.480 e. The molecule has 0 heterocycles. The number of carbonyl (C=O) groups is 2. The molecule has 5 nitrogen and oxygen atoms in total. The fraction of sp³-hybridized carbons (Fsp3) is 0.200. The number of aliphatic carboxylic acids is 1. The molecule has 0 unspecified atom stereocenters. The number of carbonyl (C=O) groups excluding carboxylic acids is 1. The fourth-order valence-electron chi connectivity index (χ4n) is 1.10. The predicted molar refractivity (Wildman–Crippen MR) is 60.1 cm³/mol. The van der Waals surface area contributed by atoms with E-state index in [-0.39, 0.29) is 5.56 Å². The minimum absolute atomic E-state index is 0.284. The Bertz CT molecular complexity index is 452. The Balaban J connectivity index is 2.86. The van der Waals surface area contributed by atoms with Crippen molar-refractivity contribution in [3.05, 3.63) is 34.1 Å². The molecule has 0 aliphatic rings. The summed E-state index contributed by atoms with van der Waals surface area (Å²) in [5, 5.41) is 19.3. The summed E-state index contributed by atoms with van der Waals surface area (Å²) in [6, 6.07) is 2.30. The summed E-state index contributed by atoms with van der Waals surface area (Å²) in [5.41, 5.74) is -0.284. The maximum atomic E-state index is 13.4. The molecule has 0 aliphatic carbocycles. The van der Waals surface area contributed by atoms with E-state index in [4.69, 9.17) is 10.2 Å². The van der Waals surface area contributed by atoms with E-state index in [1.54, 1.807) is 0 Å². The van der Waals surface area contributed by atoms with Crippen LogP contribution in [0, 0.1) is 5.82 Å². The van der Waals surface area contributed by atoms with Crippen molar-refractivity contribution < 1.29 is 24.2 Å². The summed E-state index contributed by atoms with van der Waals surface area (Å²) < 4.78 is 13.8. The van der Waals surface area contributed by atoms with Crippen LogP contribution in [0.4, 0.5) is 4.39 Å². The van der Waals surface area contributed by atoms with Crippen molar-refractivity contribution in [2.24, 2.45) is 0 Å². The van der Waals surface area contributed by atoms with E-state index in [1.165, 1.54) is 12.1 Å². The number of amides is 1. The van der Waals surface area contributed by atoms with Gasteiger partial charge < -0.3 is 15.5 Å². The molecule has 0 radical (unpaired) electrons. The van der Waals surface area contributed by atoms with Crippen LogP contribution in [0.15, 0.2) is 22.7 Å². The first-order valence-electron chi connectivity index (χ1n) is 4.55. The lowest BCUT2D eigenvalue weighted by molar-refractivity contribution is -0.140. The van der Waals surface area contributed by atoms with E-state index in [9.17, 15) is 14.0 Å². The molecule has 1 rings (SSSR count). The zero-order valence-corrected chi connectivity index (χ0v) is 10.1. The minimum Gasteiger partial charge on any atom is -0.480 e. The molecule has 0 saturated carbocycles. The number of hydrogen-bond donors (Lipinski definition) is 3. The van der Waals surface area contributed by atoms with E-state index in [0.29, 0.717) is 4.47 Å². The molecule has 0 aromatic heterocycles. The monoisotopic (exact) mass is 305 g/mol. The number of carboxylic acids is 1. The molecule has 3 N–H and O–H groups in total. The summed E-state index contributed by atoms with van der Waals surface area (Å²) in [6.45, 7) is -0.765. The second-order valence-corrected chi connectivity index (χ2v) is 4.09. The molecule has 0 spiro atoms. The minimum atomic E-state index is -1.45. The quantitative estimate of drug-likeness (QED) is 0.766. The van der Waals surface area contributed by atoms with Gasteiger partial charge in [0.25, 0.3) is 5.91 Å². The molecule has 17 heavy (non-hydrogen) atoms. The van der Waals surface area contributed by atoms with Gasteiger partial charge in [0.05, 0.1) is 12.2 Å². The van der Waals surface area contributed by atoms with Crippen LogP contribution in [0.5, 0.6) is 0 Å². The third-order valence-electron chi connectivity index (χ3n) is 1.96. The highest BCUT2D eigenvalue weighted by atomic mass is 79.9. The number of nitrogens with one attached hydrogen (secondary N) is 1.